The molecule has 2 aromatic carbocycles. The first-order chi connectivity index (χ1) is 12.6. The molecule has 1 amide bonds. The van der Waals surface area contributed by atoms with Gasteiger partial charge in [-0.3, -0.25) is 4.79 Å². The zero-order valence-electron chi connectivity index (χ0n) is 15.0. The van der Waals surface area contributed by atoms with E-state index in [0.29, 0.717) is 6.54 Å². The van der Waals surface area contributed by atoms with Crippen molar-refractivity contribution in [3.8, 4) is 0 Å². The molecule has 26 heavy (non-hydrogen) atoms. The molecule has 0 aliphatic rings. The number of thioether (sulfide) groups is 1. The number of rotatable bonds is 8. The van der Waals surface area contributed by atoms with E-state index in [4.69, 9.17) is 4.74 Å². The Kier molecular flexibility index (Phi) is 7.96. The Balaban J connectivity index is 1.74. The molecule has 0 unspecified atom stereocenters. The Labute approximate surface area is 158 Å². The first-order valence-electron chi connectivity index (χ1n) is 8.43. The molecule has 0 saturated carbocycles. The summed E-state index contributed by atoms with van der Waals surface area (Å²) in [5, 5.41) is 2.78. The second-order valence-corrected chi connectivity index (χ2v) is 6.59. The van der Waals surface area contributed by atoms with Crippen molar-refractivity contribution in [1.82, 2.24) is 5.32 Å². The smallest absolute Gasteiger partial charge is 0.331 e. The van der Waals surface area contributed by atoms with Gasteiger partial charge < -0.3 is 10.1 Å². The van der Waals surface area contributed by atoms with E-state index in [-0.39, 0.29) is 5.91 Å². The average molecular weight is 369 g/mol. The zero-order chi connectivity index (χ0) is 18.8. The molecule has 0 spiro atoms. The van der Waals surface area contributed by atoms with Crippen LogP contribution in [0.2, 0.25) is 0 Å². The molecule has 1 atom stereocenters. The Hall–Kier alpha value is -2.53. The van der Waals surface area contributed by atoms with Gasteiger partial charge in [0.1, 0.15) is 0 Å². The van der Waals surface area contributed by atoms with Crippen LogP contribution < -0.4 is 5.32 Å². The van der Waals surface area contributed by atoms with Crippen LogP contribution in [0.5, 0.6) is 0 Å². The molecule has 5 heteroatoms. The number of esters is 1. The Bertz CT molecular complexity index is 742. The van der Waals surface area contributed by atoms with E-state index in [0.717, 1.165) is 22.4 Å². The lowest BCUT2D eigenvalue weighted by atomic mass is 10.1. The molecule has 0 aliphatic carbocycles. The molecule has 0 aromatic heterocycles. The number of nitrogens with one attached hydrogen (secondary N) is 1. The van der Waals surface area contributed by atoms with Gasteiger partial charge in [-0.05, 0) is 48.9 Å². The third kappa shape index (κ3) is 6.76. The van der Waals surface area contributed by atoms with Crippen molar-refractivity contribution in [2.24, 2.45) is 0 Å². The molecule has 0 fully saturated rings. The minimum absolute atomic E-state index is 0.299. The fourth-order valence-corrected chi connectivity index (χ4v) is 2.67. The molecule has 0 saturated heterocycles. The summed E-state index contributed by atoms with van der Waals surface area (Å²) in [4.78, 5) is 25.0. The highest BCUT2D eigenvalue weighted by Gasteiger charge is 2.15. The van der Waals surface area contributed by atoms with Crippen LogP contribution in [0.1, 0.15) is 18.1 Å². The fraction of sp³-hybridized carbons (Fsp3) is 0.238. The lowest BCUT2D eigenvalue weighted by Gasteiger charge is -2.12. The minimum Gasteiger partial charge on any atom is -0.449 e. The average Bonchev–Trinajstić information content (AvgIpc) is 2.67. The third-order valence-corrected chi connectivity index (χ3v) is 4.49. The number of carbonyl (C=O) groups is 2. The van der Waals surface area contributed by atoms with Crippen LogP contribution in [-0.4, -0.2) is 30.8 Å². The predicted octanol–water partition coefficient (Wildman–Crippen LogP) is 3.71. The molecule has 2 aromatic rings. The van der Waals surface area contributed by atoms with Gasteiger partial charge in [0.25, 0.3) is 5.91 Å². The standard InChI is InChI=1S/C21H23NO3S/c1-16(21(24)22-15-14-17-6-4-3-5-7-17)25-20(23)13-10-18-8-11-19(26-2)12-9-18/h3-13,16H,14-15H2,1-2H3,(H,22,24)/b13-10+/t16-/m0/s1. The maximum atomic E-state index is 12.0. The summed E-state index contributed by atoms with van der Waals surface area (Å²) >= 11 is 1.66. The monoisotopic (exact) mass is 369 g/mol. The van der Waals surface area contributed by atoms with Crippen LogP contribution >= 0.6 is 11.8 Å². The van der Waals surface area contributed by atoms with Gasteiger partial charge in [-0.2, -0.15) is 0 Å². The molecule has 136 valence electrons. The van der Waals surface area contributed by atoms with E-state index >= 15 is 0 Å². The number of carbonyl (C=O) groups excluding carboxylic acids is 2. The Morgan fingerprint density at radius 1 is 1.12 bits per heavy atom. The Morgan fingerprint density at radius 2 is 1.81 bits per heavy atom. The number of amides is 1. The fourth-order valence-electron chi connectivity index (χ4n) is 2.26. The molecule has 1 N–H and O–H groups in total. The summed E-state index contributed by atoms with van der Waals surface area (Å²) in [6.45, 7) is 2.07. The number of hydrogen-bond acceptors (Lipinski definition) is 4. The third-order valence-electron chi connectivity index (χ3n) is 3.75. The normalized spacial score (nSPS) is 11.9. The van der Waals surface area contributed by atoms with Crippen molar-refractivity contribution in [3.63, 3.8) is 0 Å². The molecular weight excluding hydrogens is 346 g/mol. The zero-order valence-corrected chi connectivity index (χ0v) is 15.8. The van der Waals surface area contributed by atoms with Gasteiger partial charge in [-0.1, -0.05) is 42.5 Å². The highest BCUT2D eigenvalue weighted by atomic mass is 32.2. The summed E-state index contributed by atoms with van der Waals surface area (Å²) < 4.78 is 5.14. The van der Waals surface area contributed by atoms with E-state index < -0.39 is 12.1 Å². The van der Waals surface area contributed by atoms with Crippen LogP contribution in [0.15, 0.2) is 65.6 Å². The van der Waals surface area contributed by atoms with Crippen LogP contribution in [0.4, 0.5) is 0 Å². The van der Waals surface area contributed by atoms with Crippen molar-refractivity contribution < 1.29 is 14.3 Å². The van der Waals surface area contributed by atoms with E-state index in [1.165, 1.54) is 6.08 Å². The lowest BCUT2D eigenvalue weighted by Crippen LogP contribution is -2.36. The van der Waals surface area contributed by atoms with Gasteiger partial charge in [-0.15, -0.1) is 11.8 Å². The van der Waals surface area contributed by atoms with Crippen molar-refractivity contribution in [2.75, 3.05) is 12.8 Å². The van der Waals surface area contributed by atoms with Crippen LogP contribution in [-0.2, 0) is 20.7 Å². The molecular formula is C21H23NO3S. The lowest BCUT2D eigenvalue weighted by molar-refractivity contribution is -0.150. The van der Waals surface area contributed by atoms with Crippen molar-refractivity contribution >= 4 is 29.7 Å². The highest BCUT2D eigenvalue weighted by Crippen LogP contribution is 2.15. The summed E-state index contributed by atoms with van der Waals surface area (Å²) in [6, 6.07) is 17.7. The van der Waals surface area contributed by atoms with Gasteiger partial charge in [0.15, 0.2) is 6.10 Å². The molecule has 4 nitrogen and oxygen atoms in total. The molecule has 0 radical (unpaired) electrons. The number of hydrogen-bond donors (Lipinski definition) is 1. The summed E-state index contributed by atoms with van der Waals surface area (Å²) in [5.74, 6) is -0.836. The van der Waals surface area contributed by atoms with E-state index in [1.54, 1.807) is 24.8 Å². The molecule has 0 bridgehead atoms. The van der Waals surface area contributed by atoms with Gasteiger partial charge in [0, 0.05) is 17.5 Å². The van der Waals surface area contributed by atoms with Gasteiger partial charge in [-0.25, -0.2) is 4.79 Å². The van der Waals surface area contributed by atoms with Crippen LogP contribution in [0.25, 0.3) is 6.08 Å². The maximum absolute atomic E-state index is 12.0. The van der Waals surface area contributed by atoms with E-state index in [9.17, 15) is 9.59 Å². The van der Waals surface area contributed by atoms with Crippen molar-refractivity contribution in [1.29, 1.82) is 0 Å². The summed E-state index contributed by atoms with van der Waals surface area (Å²) in [7, 11) is 0. The van der Waals surface area contributed by atoms with Crippen molar-refractivity contribution in [2.45, 2.75) is 24.3 Å². The summed E-state index contributed by atoms with van der Waals surface area (Å²) in [5.41, 5.74) is 2.05. The van der Waals surface area contributed by atoms with E-state index in [1.807, 2.05) is 60.9 Å². The number of ether oxygens (including phenoxy) is 1. The second-order valence-electron chi connectivity index (χ2n) is 5.71. The molecule has 0 heterocycles. The Morgan fingerprint density at radius 3 is 2.46 bits per heavy atom. The summed E-state index contributed by atoms with van der Waals surface area (Å²) in [6.07, 6.45) is 4.92. The second kappa shape index (κ2) is 10.5. The van der Waals surface area contributed by atoms with Gasteiger partial charge in [0.2, 0.25) is 0 Å². The van der Waals surface area contributed by atoms with E-state index in [2.05, 4.69) is 5.32 Å². The minimum atomic E-state index is -0.832. The maximum Gasteiger partial charge on any atom is 0.331 e. The highest BCUT2D eigenvalue weighted by molar-refractivity contribution is 7.98. The predicted molar refractivity (Wildman–Crippen MR) is 106 cm³/mol. The first-order valence-corrected chi connectivity index (χ1v) is 9.65. The largest absolute Gasteiger partial charge is 0.449 e. The van der Waals surface area contributed by atoms with Crippen LogP contribution in [0, 0.1) is 0 Å². The first kappa shape index (κ1) is 19.8. The molecule has 0 aliphatic heterocycles. The molecule has 2 rings (SSSR count). The van der Waals surface area contributed by atoms with Crippen LogP contribution in [0.3, 0.4) is 0 Å². The van der Waals surface area contributed by atoms with Gasteiger partial charge in [0.05, 0.1) is 0 Å². The van der Waals surface area contributed by atoms with Gasteiger partial charge >= 0.3 is 5.97 Å². The topological polar surface area (TPSA) is 55.4 Å². The quantitative estimate of drug-likeness (QED) is 0.438. The SMILES string of the molecule is CSc1ccc(/C=C/C(=O)O[C@@H](C)C(=O)NCCc2ccccc2)cc1. The number of benzene rings is 2. The van der Waals surface area contributed by atoms with Crippen molar-refractivity contribution in [3.05, 3.63) is 71.8 Å².